The molecule has 0 radical (unpaired) electrons. The number of rotatable bonds is 6. The fraction of sp³-hybridized carbons (Fsp3) is 0.259. The number of carbonyl (C=O) groups is 1. The van der Waals surface area contributed by atoms with Gasteiger partial charge in [-0.2, -0.15) is 0 Å². The van der Waals surface area contributed by atoms with Crippen molar-refractivity contribution >= 4 is 38.8 Å². The van der Waals surface area contributed by atoms with Crippen LogP contribution in [0.4, 0.5) is 14.5 Å². The molecule has 0 bridgehead atoms. The van der Waals surface area contributed by atoms with Gasteiger partial charge >= 0.3 is 5.97 Å². The van der Waals surface area contributed by atoms with Gasteiger partial charge in [0.25, 0.3) is 5.56 Å². The Kier molecular flexibility index (Phi) is 7.43. The summed E-state index contributed by atoms with van der Waals surface area (Å²) in [6.45, 7) is 0.522. The van der Waals surface area contributed by atoms with Crippen LogP contribution in [0.25, 0.3) is 11.2 Å². The van der Waals surface area contributed by atoms with Gasteiger partial charge in [0, 0.05) is 26.7 Å². The summed E-state index contributed by atoms with van der Waals surface area (Å²) in [7, 11) is 1.43. The Hall–Kier alpha value is -3.74. The molecule has 3 heterocycles. The summed E-state index contributed by atoms with van der Waals surface area (Å²) in [4.78, 5) is 37.9. The monoisotopic (exact) mass is 599 g/mol. The van der Waals surface area contributed by atoms with E-state index < -0.39 is 29.2 Å². The summed E-state index contributed by atoms with van der Waals surface area (Å²) in [6, 6.07) is 11.0. The zero-order valence-electron chi connectivity index (χ0n) is 20.8. The second kappa shape index (κ2) is 10.8. The maximum Gasteiger partial charge on any atom is 0.343 e. The summed E-state index contributed by atoms with van der Waals surface area (Å²) in [5.74, 6) is -2.19. The van der Waals surface area contributed by atoms with Crippen LogP contribution in [-0.4, -0.2) is 67.9 Å². The van der Waals surface area contributed by atoms with Crippen molar-refractivity contribution in [2.24, 2.45) is 7.05 Å². The van der Waals surface area contributed by atoms with Gasteiger partial charge in [-0.1, -0.05) is 24.3 Å². The van der Waals surface area contributed by atoms with E-state index in [-0.39, 0.29) is 48.2 Å². The second-order valence-electron chi connectivity index (χ2n) is 9.29. The Labute approximate surface area is 230 Å². The van der Waals surface area contributed by atoms with E-state index in [1.807, 2.05) is 0 Å². The molecule has 202 valence electrons. The van der Waals surface area contributed by atoms with Gasteiger partial charge in [-0.25, -0.2) is 23.5 Å². The molecule has 1 aliphatic rings. The van der Waals surface area contributed by atoms with E-state index in [1.54, 1.807) is 29.2 Å². The average Bonchev–Trinajstić information content (AvgIpc) is 2.92. The van der Waals surface area contributed by atoms with Gasteiger partial charge in [0.1, 0.15) is 21.8 Å². The number of piperazine rings is 1. The number of nitrogens with zero attached hydrogens (tertiary/aromatic N) is 5. The van der Waals surface area contributed by atoms with E-state index in [2.05, 4.69) is 30.8 Å². The number of fused-ring (bicyclic) bond motifs is 1. The molecule has 5 rings (SSSR count). The number of halogens is 3. The molecule has 1 atom stereocenters. The van der Waals surface area contributed by atoms with Gasteiger partial charge in [-0.15, -0.1) is 0 Å². The quantitative estimate of drug-likeness (QED) is 0.347. The van der Waals surface area contributed by atoms with Crippen molar-refractivity contribution in [1.29, 1.82) is 0 Å². The Morgan fingerprint density at radius 2 is 1.67 bits per heavy atom. The predicted molar refractivity (Wildman–Crippen MR) is 144 cm³/mol. The molecule has 0 unspecified atom stereocenters. The van der Waals surface area contributed by atoms with Crippen LogP contribution in [0.3, 0.4) is 0 Å². The van der Waals surface area contributed by atoms with Gasteiger partial charge in [0.2, 0.25) is 0 Å². The number of aromatic carboxylic acids is 1. The first kappa shape index (κ1) is 26.9. The molecular weight excluding hydrogens is 576 g/mol. The molecule has 2 N–H and O–H groups in total. The number of aromatic nitrogens is 3. The van der Waals surface area contributed by atoms with Crippen molar-refractivity contribution in [2.45, 2.75) is 12.1 Å². The molecule has 2 aromatic heterocycles. The molecule has 9 nitrogen and oxygen atoms in total. The fourth-order valence-corrected chi connectivity index (χ4v) is 5.47. The molecular formula is C27H24BrF2N5O4. The SMILES string of the molecule is Cn1c(=O)c(C(=O)O)c(N2CCN(C(c3ccc(F)cc3)c3ccc(F)cc3)C[C@@H]2CO)c2nc(Br)cnc21. The van der Waals surface area contributed by atoms with Crippen LogP contribution in [0.15, 0.2) is 64.1 Å². The molecule has 0 amide bonds. The van der Waals surface area contributed by atoms with Gasteiger partial charge < -0.3 is 15.1 Å². The van der Waals surface area contributed by atoms with Gasteiger partial charge in [0.05, 0.1) is 30.6 Å². The van der Waals surface area contributed by atoms with Crippen molar-refractivity contribution < 1.29 is 23.8 Å². The van der Waals surface area contributed by atoms with Crippen LogP contribution in [0.1, 0.15) is 27.5 Å². The van der Waals surface area contributed by atoms with Crippen molar-refractivity contribution in [3.05, 3.63) is 98.0 Å². The standard InChI is InChI=1S/C27H24BrF2N5O4/c1-33-25-22(32-20(28)12-31-25)24(21(26(33)37)27(38)39)35-11-10-34(13-19(35)14-36)23(15-2-6-17(29)7-3-15)16-4-8-18(30)9-5-16/h2-9,12,19,23,36H,10-11,13-14H2,1H3,(H,38,39)/t19-/m1/s1. The van der Waals surface area contributed by atoms with Gasteiger partial charge in [-0.3, -0.25) is 14.3 Å². The third-order valence-electron chi connectivity index (χ3n) is 6.98. The number of aliphatic hydroxyl groups is 1. The lowest BCUT2D eigenvalue weighted by molar-refractivity contribution is 0.0694. The Morgan fingerprint density at radius 3 is 2.21 bits per heavy atom. The number of pyridine rings is 1. The highest BCUT2D eigenvalue weighted by Gasteiger charge is 2.36. The van der Waals surface area contributed by atoms with E-state index in [4.69, 9.17) is 0 Å². The Morgan fingerprint density at radius 1 is 1.08 bits per heavy atom. The maximum atomic E-state index is 13.7. The molecule has 0 spiro atoms. The number of aliphatic hydroxyl groups excluding tert-OH is 1. The number of hydrogen-bond donors (Lipinski definition) is 2. The summed E-state index contributed by atoms with van der Waals surface area (Å²) < 4.78 is 29.0. The van der Waals surface area contributed by atoms with Crippen LogP contribution in [0, 0.1) is 11.6 Å². The number of hydrogen-bond acceptors (Lipinski definition) is 7. The summed E-state index contributed by atoms with van der Waals surface area (Å²) in [5, 5.41) is 20.5. The van der Waals surface area contributed by atoms with Crippen LogP contribution in [0.5, 0.6) is 0 Å². The number of carboxylic acid groups (broad SMARTS) is 1. The van der Waals surface area contributed by atoms with Crippen molar-refractivity contribution in [3.8, 4) is 0 Å². The minimum Gasteiger partial charge on any atom is -0.477 e. The summed E-state index contributed by atoms with van der Waals surface area (Å²) in [5.41, 5.74) is 0.853. The maximum absolute atomic E-state index is 13.7. The highest BCUT2D eigenvalue weighted by molar-refractivity contribution is 9.10. The second-order valence-corrected chi connectivity index (χ2v) is 10.1. The van der Waals surface area contributed by atoms with Gasteiger partial charge in [0.15, 0.2) is 11.2 Å². The van der Waals surface area contributed by atoms with E-state index >= 15 is 0 Å². The number of benzene rings is 2. The van der Waals surface area contributed by atoms with Crippen LogP contribution in [-0.2, 0) is 7.05 Å². The third-order valence-corrected chi connectivity index (χ3v) is 7.37. The zero-order chi connectivity index (χ0) is 27.8. The largest absolute Gasteiger partial charge is 0.477 e. The summed E-state index contributed by atoms with van der Waals surface area (Å²) in [6.07, 6.45) is 1.42. The first-order valence-electron chi connectivity index (χ1n) is 12.1. The number of carboxylic acids is 1. The van der Waals surface area contributed by atoms with E-state index in [0.717, 1.165) is 15.7 Å². The molecule has 1 saturated heterocycles. The Bertz CT molecular complexity index is 1550. The molecule has 0 aliphatic carbocycles. The molecule has 2 aromatic carbocycles. The van der Waals surface area contributed by atoms with Crippen LogP contribution < -0.4 is 10.5 Å². The highest BCUT2D eigenvalue weighted by Crippen LogP contribution is 2.35. The number of aryl methyl sites for hydroxylation is 1. The van der Waals surface area contributed by atoms with E-state index in [9.17, 15) is 28.6 Å². The molecule has 1 aliphatic heterocycles. The van der Waals surface area contributed by atoms with Crippen molar-refractivity contribution in [3.63, 3.8) is 0 Å². The van der Waals surface area contributed by atoms with Crippen molar-refractivity contribution in [1.82, 2.24) is 19.4 Å². The summed E-state index contributed by atoms with van der Waals surface area (Å²) >= 11 is 3.28. The lowest BCUT2D eigenvalue weighted by atomic mass is 9.95. The minimum absolute atomic E-state index is 0.0909. The molecule has 12 heteroatoms. The van der Waals surface area contributed by atoms with Crippen LogP contribution >= 0.6 is 15.9 Å². The normalized spacial score (nSPS) is 16.3. The molecule has 4 aromatic rings. The third kappa shape index (κ3) is 5.02. The zero-order valence-corrected chi connectivity index (χ0v) is 22.3. The molecule has 39 heavy (non-hydrogen) atoms. The predicted octanol–water partition coefficient (Wildman–Crippen LogP) is 3.34. The smallest absolute Gasteiger partial charge is 0.343 e. The minimum atomic E-state index is -1.41. The first-order valence-corrected chi connectivity index (χ1v) is 12.9. The van der Waals surface area contributed by atoms with Gasteiger partial charge in [-0.05, 0) is 51.3 Å². The van der Waals surface area contributed by atoms with E-state index in [1.165, 1.54) is 37.5 Å². The molecule has 0 saturated carbocycles. The topological polar surface area (TPSA) is 112 Å². The fourth-order valence-electron chi connectivity index (χ4n) is 5.19. The highest BCUT2D eigenvalue weighted by atomic mass is 79.9. The Balaban J connectivity index is 1.60. The van der Waals surface area contributed by atoms with Crippen LogP contribution in [0.2, 0.25) is 0 Å². The lowest BCUT2D eigenvalue weighted by Crippen LogP contribution is -2.56. The average molecular weight is 600 g/mol. The number of anilines is 1. The molecule has 1 fully saturated rings. The van der Waals surface area contributed by atoms with Crippen molar-refractivity contribution in [2.75, 3.05) is 31.1 Å². The lowest BCUT2D eigenvalue weighted by Gasteiger charge is -2.45. The van der Waals surface area contributed by atoms with E-state index in [0.29, 0.717) is 11.1 Å². The first-order chi connectivity index (χ1) is 18.7.